The van der Waals surface area contributed by atoms with E-state index in [1.54, 1.807) is 6.20 Å². The number of hydrogen-bond donors (Lipinski definition) is 2. The molecule has 2 aliphatic carbocycles. The van der Waals surface area contributed by atoms with Crippen molar-refractivity contribution in [3.8, 4) is 0 Å². The summed E-state index contributed by atoms with van der Waals surface area (Å²) in [6, 6.07) is 7.65. The van der Waals surface area contributed by atoms with Crippen molar-refractivity contribution in [1.82, 2.24) is 20.6 Å². The molecule has 28 heavy (non-hydrogen) atoms. The van der Waals surface area contributed by atoms with E-state index in [-0.39, 0.29) is 22.9 Å². The Balaban J connectivity index is 1.48. The molecule has 1 aromatic carbocycles. The van der Waals surface area contributed by atoms with Crippen molar-refractivity contribution in [2.45, 2.75) is 63.5 Å². The lowest BCUT2D eigenvalue weighted by Gasteiger charge is -2.40. The van der Waals surface area contributed by atoms with Crippen LogP contribution in [0.15, 0.2) is 36.7 Å². The van der Waals surface area contributed by atoms with Gasteiger partial charge in [0.05, 0.1) is 11.9 Å². The number of benzene rings is 1. The van der Waals surface area contributed by atoms with Gasteiger partial charge in [0.25, 0.3) is 11.8 Å². The number of fused-ring (bicyclic) bond motifs is 2. The van der Waals surface area contributed by atoms with Crippen LogP contribution >= 0.6 is 0 Å². The molecule has 1 heterocycles. The zero-order valence-corrected chi connectivity index (χ0v) is 16.4. The fraction of sp³-hybridized carbons (Fsp3) is 0.455. The summed E-state index contributed by atoms with van der Waals surface area (Å²) in [5.41, 5.74) is 2.31. The van der Waals surface area contributed by atoms with Crippen molar-refractivity contribution in [3.05, 3.63) is 59.2 Å². The lowest BCUT2D eigenvalue weighted by atomic mass is 9.78. The molecule has 0 aliphatic heterocycles. The summed E-state index contributed by atoms with van der Waals surface area (Å²) in [5, 5.41) is 6.52. The number of rotatable bonds is 4. The first kappa shape index (κ1) is 18.6. The van der Waals surface area contributed by atoms with Crippen LogP contribution in [-0.2, 0) is 0 Å². The highest BCUT2D eigenvalue weighted by Crippen LogP contribution is 2.48. The highest BCUT2D eigenvalue weighted by molar-refractivity contribution is 5.95. The Morgan fingerprint density at radius 1 is 0.964 bits per heavy atom. The van der Waals surface area contributed by atoms with Gasteiger partial charge in [0.2, 0.25) is 0 Å². The van der Waals surface area contributed by atoms with Gasteiger partial charge in [-0.2, -0.15) is 0 Å². The number of hydrogen-bond acceptors (Lipinski definition) is 4. The van der Waals surface area contributed by atoms with E-state index < -0.39 is 0 Å². The molecule has 6 heteroatoms. The van der Waals surface area contributed by atoms with Gasteiger partial charge in [-0.25, -0.2) is 4.98 Å². The first-order chi connectivity index (χ1) is 13.4. The van der Waals surface area contributed by atoms with E-state index >= 15 is 0 Å². The molecular weight excluding hydrogens is 352 g/mol. The van der Waals surface area contributed by atoms with E-state index in [2.05, 4.69) is 20.6 Å². The molecule has 4 rings (SSSR count). The summed E-state index contributed by atoms with van der Waals surface area (Å²) < 4.78 is 0. The molecule has 2 saturated carbocycles. The van der Waals surface area contributed by atoms with E-state index in [1.807, 2.05) is 38.1 Å². The van der Waals surface area contributed by atoms with Crippen molar-refractivity contribution >= 4 is 11.8 Å². The summed E-state index contributed by atoms with van der Waals surface area (Å²) in [6.45, 7) is 3.81. The van der Waals surface area contributed by atoms with Gasteiger partial charge in [0.1, 0.15) is 5.69 Å². The Morgan fingerprint density at radius 2 is 1.68 bits per heavy atom. The molecule has 0 saturated heterocycles. The van der Waals surface area contributed by atoms with Crippen LogP contribution in [0.4, 0.5) is 0 Å². The first-order valence-corrected chi connectivity index (χ1v) is 9.89. The SMILES string of the molecule is Cc1cccc(C(=O)NC23CCC[C@@](NC(=O)c4cncc(C)n4)(CC2)C3)c1. The first-order valence-electron chi connectivity index (χ1n) is 9.89. The van der Waals surface area contributed by atoms with E-state index in [0.717, 1.165) is 49.8 Å². The summed E-state index contributed by atoms with van der Waals surface area (Å²) in [7, 11) is 0. The minimum Gasteiger partial charge on any atom is -0.347 e. The molecule has 6 nitrogen and oxygen atoms in total. The number of aromatic nitrogens is 2. The van der Waals surface area contributed by atoms with Crippen molar-refractivity contribution in [1.29, 1.82) is 0 Å². The van der Waals surface area contributed by atoms with Gasteiger partial charge >= 0.3 is 0 Å². The second-order valence-electron chi connectivity index (χ2n) is 8.41. The van der Waals surface area contributed by atoms with Crippen molar-refractivity contribution in [3.63, 3.8) is 0 Å². The van der Waals surface area contributed by atoms with Gasteiger partial charge in [0, 0.05) is 22.8 Å². The lowest BCUT2D eigenvalue weighted by Crippen LogP contribution is -2.55. The summed E-state index contributed by atoms with van der Waals surface area (Å²) in [5.74, 6) is -0.212. The highest BCUT2D eigenvalue weighted by atomic mass is 16.2. The quantitative estimate of drug-likeness (QED) is 0.856. The van der Waals surface area contributed by atoms with Crippen LogP contribution in [0.5, 0.6) is 0 Å². The molecule has 2 aromatic rings. The maximum absolute atomic E-state index is 12.8. The number of nitrogens with one attached hydrogen (secondary N) is 2. The second kappa shape index (κ2) is 7.00. The molecule has 1 unspecified atom stereocenters. The van der Waals surface area contributed by atoms with Crippen LogP contribution in [0.2, 0.25) is 0 Å². The standard InChI is InChI=1S/C22H26N4O2/c1-15-5-3-6-17(11-15)19(27)25-21-7-4-8-22(14-21,10-9-21)26-20(28)18-13-23-12-16(2)24-18/h3,5-6,11-13H,4,7-10,14H2,1-2H3,(H,25,27)(H,26,28)/t21?,22-/m1/s1. The Kier molecular flexibility index (Phi) is 4.65. The van der Waals surface area contributed by atoms with Crippen molar-refractivity contribution in [2.24, 2.45) is 0 Å². The third-order valence-corrected chi connectivity index (χ3v) is 6.09. The minimum absolute atomic E-state index is 0.0303. The number of carbonyl (C=O) groups excluding carboxylic acids is 2. The average molecular weight is 378 g/mol. The average Bonchev–Trinajstić information content (AvgIpc) is 2.91. The normalized spacial score (nSPS) is 25.9. The topological polar surface area (TPSA) is 84.0 Å². The van der Waals surface area contributed by atoms with Crippen LogP contribution < -0.4 is 10.6 Å². The van der Waals surface area contributed by atoms with Gasteiger partial charge in [-0.3, -0.25) is 14.6 Å². The van der Waals surface area contributed by atoms with Crippen molar-refractivity contribution in [2.75, 3.05) is 0 Å². The molecule has 2 amide bonds. The van der Waals surface area contributed by atoms with E-state index in [1.165, 1.54) is 6.20 Å². The molecule has 146 valence electrons. The minimum atomic E-state index is -0.277. The van der Waals surface area contributed by atoms with Gasteiger partial charge in [0.15, 0.2) is 0 Å². The molecule has 2 bridgehead atoms. The number of carbonyl (C=O) groups is 2. The van der Waals surface area contributed by atoms with E-state index in [0.29, 0.717) is 11.3 Å². The lowest BCUT2D eigenvalue weighted by molar-refractivity contribution is 0.0829. The summed E-state index contributed by atoms with van der Waals surface area (Å²) >= 11 is 0. The number of aryl methyl sites for hydroxylation is 2. The Bertz CT molecular complexity index is 855. The van der Waals surface area contributed by atoms with E-state index in [9.17, 15) is 9.59 Å². The van der Waals surface area contributed by atoms with Crippen LogP contribution in [0.25, 0.3) is 0 Å². The fourth-order valence-corrected chi connectivity index (χ4v) is 4.81. The van der Waals surface area contributed by atoms with Crippen LogP contribution in [0.3, 0.4) is 0 Å². The molecule has 2 N–H and O–H groups in total. The highest BCUT2D eigenvalue weighted by Gasteiger charge is 2.52. The van der Waals surface area contributed by atoms with Gasteiger partial charge in [-0.05, 0) is 64.5 Å². The van der Waals surface area contributed by atoms with Gasteiger partial charge in [-0.15, -0.1) is 0 Å². The summed E-state index contributed by atoms with van der Waals surface area (Å²) in [4.78, 5) is 33.9. The summed E-state index contributed by atoms with van der Waals surface area (Å²) in [6.07, 6.45) is 8.51. The van der Waals surface area contributed by atoms with Crippen LogP contribution in [0, 0.1) is 13.8 Å². The predicted molar refractivity (Wildman–Crippen MR) is 106 cm³/mol. The largest absolute Gasteiger partial charge is 0.347 e. The predicted octanol–water partition coefficient (Wildman–Crippen LogP) is 3.10. The molecule has 0 spiro atoms. The van der Waals surface area contributed by atoms with Crippen LogP contribution in [0.1, 0.15) is 70.6 Å². The zero-order chi connectivity index (χ0) is 19.8. The van der Waals surface area contributed by atoms with Crippen LogP contribution in [-0.4, -0.2) is 32.9 Å². The molecule has 1 aromatic heterocycles. The monoisotopic (exact) mass is 378 g/mol. The Labute approximate surface area is 165 Å². The molecule has 2 aliphatic rings. The third-order valence-electron chi connectivity index (χ3n) is 6.09. The Hall–Kier alpha value is -2.76. The molecule has 2 atom stereocenters. The molecule has 0 radical (unpaired) electrons. The maximum Gasteiger partial charge on any atom is 0.271 e. The van der Waals surface area contributed by atoms with Gasteiger partial charge < -0.3 is 10.6 Å². The van der Waals surface area contributed by atoms with Gasteiger partial charge in [-0.1, -0.05) is 17.7 Å². The maximum atomic E-state index is 12.8. The molecular formula is C22H26N4O2. The number of nitrogens with zero attached hydrogens (tertiary/aromatic N) is 2. The zero-order valence-electron chi connectivity index (χ0n) is 16.4. The smallest absolute Gasteiger partial charge is 0.271 e. The molecule has 2 fully saturated rings. The third kappa shape index (κ3) is 3.63. The van der Waals surface area contributed by atoms with Crippen molar-refractivity contribution < 1.29 is 9.59 Å². The fourth-order valence-electron chi connectivity index (χ4n) is 4.81. The Morgan fingerprint density at radius 3 is 2.36 bits per heavy atom. The second-order valence-corrected chi connectivity index (χ2v) is 8.41. The van der Waals surface area contributed by atoms with E-state index in [4.69, 9.17) is 0 Å². The number of amides is 2.